The summed E-state index contributed by atoms with van der Waals surface area (Å²) in [5.41, 5.74) is 3.17. The first-order chi connectivity index (χ1) is 9.65. The molecule has 102 valence electrons. The van der Waals surface area contributed by atoms with Crippen LogP contribution in [0.25, 0.3) is 0 Å². The Labute approximate surface area is 116 Å². The van der Waals surface area contributed by atoms with Gasteiger partial charge in [-0.1, -0.05) is 36.4 Å². The van der Waals surface area contributed by atoms with E-state index in [1.54, 1.807) is 12.1 Å². The molecule has 0 aliphatic heterocycles. The van der Waals surface area contributed by atoms with Gasteiger partial charge in [0.15, 0.2) is 0 Å². The summed E-state index contributed by atoms with van der Waals surface area (Å²) in [4.78, 5) is 10.4. The molecule has 3 rings (SSSR count). The van der Waals surface area contributed by atoms with E-state index in [9.17, 15) is 15.2 Å². The van der Waals surface area contributed by atoms with Crippen LogP contribution in [-0.4, -0.2) is 10.0 Å². The standard InChI is InChI=1S/C16H15NO3/c18-16-13(10-12-5-1-2-7-15(12)16)8-11-4-3-6-14(9-11)17(19)20/h1-7,9,13,16,18H,8,10H2. The molecule has 1 aliphatic carbocycles. The lowest BCUT2D eigenvalue weighted by molar-refractivity contribution is -0.384. The topological polar surface area (TPSA) is 63.4 Å². The molecule has 0 saturated heterocycles. The fraction of sp³-hybridized carbons (Fsp3) is 0.250. The minimum absolute atomic E-state index is 0.0920. The van der Waals surface area contributed by atoms with Crippen LogP contribution in [0.5, 0.6) is 0 Å². The SMILES string of the molecule is O=[N+]([O-])c1cccc(CC2Cc3ccccc3C2O)c1. The van der Waals surface area contributed by atoms with Crippen molar-refractivity contribution in [2.45, 2.75) is 18.9 Å². The zero-order valence-electron chi connectivity index (χ0n) is 10.9. The number of hydrogen-bond acceptors (Lipinski definition) is 3. The molecular weight excluding hydrogens is 254 g/mol. The smallest absolute Gasteiger partial charge is 0.269 e. The number of nitrogens with zero attached hydrogens (tertiary/aromatic N) is 1. The third kappa shape index (κ3) is 2.30. The van der Waals surface area contributed by atoms with Gasteiger partial charge in [-0.25, -0.2) is 0 Å². The lowest BCUT2D eigenvalue weighted by Crippen LogP contribution is -2.10. The molecule has 0 spiro atoms. The molecule has 2 unspecified atom stereocenters. The van der Waals surface area contributed by atoms with Gasteiger partial charge in [-0.2, -0.15) is 0 Å². The molecule has 4 heteroatoms. The van der Waals surface area contributed by atoms with Crippen molar-refractivity contribution in [1.82, 2.24) is 0 Å². The van der Waals surface area contributed by atoms with Gasteiger partial charge < -0.3 is 5.11 Å². The van der Waals surface area contributed by atoms with Gasteiger partial charge in [-0.3, -0.25) is 10.1 Å². The Balaban J connectivity index is 1.80. The van der Waals surface area contributed by atoms with Crippen molar-refractivity contribution in [1.29, 1.82) is 0 Å². The maximum atomic E-state index is 10.8. The van der Waals surface area contributed by atoms with Crippen LogP contribution in [0.2, 0.25) is 0 Å². The van der Waals surface area contributed by atoms with E-state index in [1.165, 1.54) is 11.6 Å². The maximum absolute atomic E-state index is 10.8. The van der Waals surface area contributed by atoms with Gasteiger partial charge in [0.1, 0.15) is 0 Å². The highest BCUT2D eigenvalue weighted by atomic mass is 16.6. The Hall–Kier alpha value is -2.20. The molecule has 0 radical (unpaired) electrons. The van der Waals surface area contributed by atoms with Crippen LogP contribution < -0.4 is 0 Å². The van der Waals surface area contributed by atoms with Gasteiger partial charge in [-0.15, -0.1) is 0 Å². The number of rotatable bonds is 3. The van der Waals surface area contributed by atoms with Crippen LogP contribution in [0.1, 0.15) is 22.8 Å². The summed E-state index contributed by atoms with van der Waals surface area (Å²) in [5, 5.41) is 21.1. The van der Waals surface area contributed by atoms with Crippen LogP contribution in [-0.2, 0) is 12.8 Å². The minimum Gasteiger partial charge on any atom is -0.388 e. The molecular formula is C16H15NO3. The van der Waals surface area contributed by atoms with Crippen LogP contribution in [0, 0.1) is 16.0 Å². The van der Waals surface area contributed by atoms with Crippen molar-refractivity contribution in [3.05, 3.63) is 75.3 Å². The highest BCUT2D eigenvalue weighted by molar-refractivity contribution is 5.37. The van der Waals surface area contributed by atoms with Gasteiger partial charge in [0.05, 0.1) is 11.0 Å². The average Bonchev–Trinajstić information content (AvgIpc) is 2.76. The predicted octanol–water partition coefficient (Wildman–Crippen LogP) is 3.04. The Morgan fingerprint density at radius 1 is 1.20 bits per heavy atom. The van der Waals surface area contributed by atoms with Gasteiger partial charge in [0, 0.05) is 12.1 Å². The Kier molecular flexibility index (Phi) is 3.24. The fourth-order valence-corrected chi connectivity index (χ4v) is 2.94. The van der Waals surface area contributed by atoms with E-state index in [4.69, 9.17) is 0 Å². The molecule has 1 N–H and O–H groups in total. The molecule has 0 fully saturated rings. The lowest BCUT2D eigenvalue weighted by Gasteiger charge is -2.14. The van der Waals surface area contributed by atoms with E-state index in [1.807, 2.05) is 30.3 Å². The third-order valence-corrected chi connectivity index (χ3v) is 3.92. The number of nitro benzene ring substituents is 1. The molecule has 20 heavy (non-hydrogen) atoms. The number of fused-ring (bicyclic) bond motifs is 1. The Morgan fingerprint density at radius 3 is 2.75 bits per heavy atom. The molecule has 2 aromatic carbocycles. The van der Waals surface area contributed by atoms with Crippen molar-refractivity contribution >= 4 is 5.69 Å². The number of non-ortho nitro benzene ring substituents is 1. The first kappa shape index (κ1) is 12.8. The van der Waals surface area contributed by atoms with E-state index in [0.717, 1.165) is 17.5 Å². The van der Waals surface area contributed by atoms with Gasteiger partial charge in [0.25, 0.3) is 5.69 Å². The minimum atomic E-state index is -0.481. The van der Waals surface area contributed by atoms with E-state index in [0.29, 0.717) is 6.42 Å². The van der Waals surface area contributed by atoms with Crippen LogP contribution in [0.4, 0.5) is 5.69 Å². The van der Waals surface area contributed by atoms with Gasteiger partial charge in [-0.05, 0) is 35.4 Å². The average molecular weight is 269 g/mol. The fourth-order valence-electron chi connectivity index (χ4n) is 2.94. The number of aliphatic hydroxyl groups is 1. The first-order valence-electron chi connectivity index (χ1n) is 6.64. The van der Waals surface area contributed by atoms with Crippen molar-refractivity contribution < 1.29 is 10.0 Å². The zero-order chi connectivity index (χ0) is 14.1. The van der Waals surface area contributed by atoms with Crippen LogP contribution in [0.15, 0.2) is 48.5 Å². The number of hydrogen-bond donors (Lipinski definition) is 1. The number of aliphatic hydroxyl groups excluding tert-OH is 1. The molecule has 2 aromatic rings. The van der Waals surface area contributed by atoms with E-state index < -0.39 is 6.10 Å². The lowest BCUT2D eigenvalue weighted by atomic mass is 9.94. The van der Waals surface area contributed by atoms with Crippen LogP contribution in [0.3, 0.4) is 0 Å². The molecule has 1 aliphatic rings. The quantitative estimate of drug-likeness (QED) is 0.688. The second-order valence-electron chi connectivity index (χ2n) is 5.24. The second kappa shape index (κ2) is 5.06. The molecule has 0 amide bonds. The van der Waals surface area contributed by atoms with E-state index in [-0.39, 0.29) is 16.5 Å². The second-order valence-corrected chi connectivity index (χ2v) is 5.24. The van der Waals surface area contributed by atoms with Crippen molar-refractivity contribution in [3.63, 3.8) is 0 Å². The van der Waals surface area contributed by atoms with Gasteiger partial charge in [0.2, 0.25) is 0 Å². The van der Waals surface area contributed by atoms with Crippen molar-refractivity contribution in [2.24, 2.45) is 5.92 Å². The monoisotopic (exact) mass is 269 g/mol. The van der Waals surface area contributed by atoms with E-state index in [2.05, 4.69) is 0 Å². The van der Waals surface area contributed by atoms with Gasteiger partial charge >= 0.3 is 0 Å². The highest BCUT2D eigenvalue weighted by Gasteiger charge is 2.30. The first-order valence-corrected chi connectivity index (χ1v) is 6.64. The summed E-state index contributed by atoms with van der Waals surface area (Å²) >= 11 is 0. The normalized spacial score (nSPS) is 20.6. The van der Waals surface area contributed by atoms with Crippen molar-refractivity contribution in [2.75, 3.05) is 0 Å². The molecule has 0 aromatic heterocycles. The summed E-state index contributed by atoms with van der Waals surface area (Å²) in [6.45, 7) is 0. The summed E-state index contributed by atoms with van der Waals surface area (Å²) in [5.74, 6) is 0.0920. The highest BCUT2D eigenvalue weighted by Crippen LogP contribution is 2.37. The van der Waals surface area contributed by atoms with E-state index >= 15 is 0 Å². The molecule has 0 heterocycles. The molecule has 0 saturated carbocycles. The summed E-state index contributed by atoms with van der Waals surface area (Å²) in [7, 11) is 0. The summed E-state index contributed by atoms with van der Waals surface area (Å²) in [6.07, 6.45) is 0.989. The Bertz CT molecular complexity index is 654. The summed E-state index contributed by atoms with van der Waals surface area (Å²) in [6, 6.07) is 14.5. The molecule has 2 atom stereocenters. The van der Waals surface area contributed by atoms with Crippen molar-refractivity contribution in [3.8, 4) is 0 Å². The summed E-state index contributed by atoms with van der Waals surface area (Å²) < 4.78 is 0. The third-order valence-electron chi connectivity index (χ3n) is 3.92. The number of benzene rings is 2. The van der Waals surface area contributed by atoms with Crippen LogP contribution >= 0.6 is 0 Å². The molecule has 4 nitrogen and oxygen atoms in total. The predicted molar refractivity (Wildman–Crippen MR) is 75.4 cm³/mol. The molecule has 0 bridgehead atoms. The largest absolute Gasteiger partial charge is 0.388 e. The zero-order valence-corrected chi connectivity index (χ0v) is 10.9. The number of nitro groups is 1. The maximum Gasteiger partial charge on any atom is 0.269 e. The Morgan fingerprint density at radius 2 is 2.00 bits per heavy atom.